The van der Waals surface area contributed by atoms with E-state index in [0.29, 0.717) is 11.5 Å². The molecule has 1 amide bonds. The lowest BCUT2D eigenvalue weighted by molar-refractivity contribution is -0.114. The van der Waals surface area contributed by atoms with Gasteiger partial charge in [-0.1, -0.05) is 6.07 Å². The summed E-state index contributed by atoms with van der Waals surface area (Å²) in [4.78, 5) is 23.4. The Balaban J connectivity index is 1.99. The van der Waals surface area contributed by atoms with E-state index in [1.54, 1.807) is 0 Å². The second-order valence-corrected chi connectivity index (χ2v) is 7.96. The molecule has 0 fully saturated rings. The summed E-state index contributed by atoms with van der Waals surface area (Å²) in [7, 11) is 0. The standard InChI is InChI=1S/C20H23N7O/c1-10-13-7-6-12(24-11(2)28)8-14(13)25-16(10)17-15-18(21)22-9-23-19(15)27(26-17)20(3,4)5/h6-9,25H,1-5H3,(H,24,28)(H2,21,22,23). The van der Waals surface area contributed by atoms with E-state index in [1.165, 1.54) is 13.3 Å². The van der Waals surface area contributed by atoms with Crippen LogP contribution in [0.15, 0.2) is 24.5 Å². The topological polar surface area (TPSA) is 115 Å². The van der Waals surface area contributed by atoms with Crippen molar-refractivity contribution < 1.29 is 4.79 Å². The summed E-state index contributed by atoms with van der Waals surface area (Å²) in [5.41, 5.74) is 10.9. The van der Waals surface area contributed by atoms with Crippen LogP contribution in [0.2, 0.25) is 0 Å². The number of hydrogen-bond donors (Lipinski definition) is 3. The maximum atomic E-state index is 11.4. The molecule has 0 unspecified atom stereocenters. The zero-order valence-corrected chi connectivity index (χ0v) is 16.6. The largest absolute Gasteiger partial charge is 0.383 e. The van der Waals surface area contributed by atoms with Gasteiger partial charge < -0.3 is 16.0 Å². The van der Waals surface area contributed by atoms with Gasteiger partial charge in [0.25, 0.3) is 0 Å². The molecule has 0 bridgehead atoms. The van der Waals surface area contributed by atoms with E-state index in [-0.39, 0.29) is 11.4 Å². The summed E-state index contributed by atoms with van der Waals surface area (Å²) in [5, 5.41) is 9.45. The quantitative estimate of drug-likeness (QED) is 0.494. The number of hydrogen-bond acceptors (Lipinski definition) is 5. The molecule has 0 atom stereocenters. The summed E-state index contributed by atoms with van der Waals surface area (Å²) in [5.74, 6) is 0.287. The average Bonchev–Trinajstić information content (AvgIpc) is 3.13. The molecule has 28 heavy (non-hydrogen) atoms. The van der Waals surface area contributed by atoms with E-state index in [0.717, 1.165) is 38.9 Å². The average molecular weight is 377 g/mol. The predicted molar refractivity (Wildman–Crippen MR) is 111 cm³/mol. The van der Waals surface area contributed by atoms with Crippen LogP contribution < -0.4 is 11.1 Å². The van der Waals surface area contributed by atoms with Crippen molar-refractivity contribution in [2.24, 2.45) is 0 Å². The fraction of sp³-hybridized carbons (Fsp3) is 0.300. The first-order chi connectivity index (χ1) is 13.2. The highest BCUT2D eigenvalue weighted by Crippen LogP contribution is 2.37. The Kier molecular flexibility index (Phi) is 3.88. The number of aromatic nitrogens is 5. The van der Waals surface area contributed by atoms with Crippen LogP contribution in [-0.2, 0) is 10.3 Å². The van der Waals surface area contributed by atoms with Crippen molar-refractivity contribution in [1.82, 2.24) is 24.7 Å². The third kappa shape index (κ3) is 2.77. The molecule has 3 aromatic heterocycles. The first-order valence-corrected chi connectivity index (χ1v) is 9.07. The minimum absolute atomic E-state index is 0.109. The Morgan fingerprint density at radius 2 is 2.00 bits per heavy atom. The number of benzene rings is 1. The molecule has 144 valence electrons. The molecule has 0 aliphatic heterocycles. The molecule has 4 rings (SSSR count). The van der Waals surface area contributed by atoms with Gasteiger partial charge in [-0.3, -0.25) is 4.79 Å². The van der Waals surface area contributed by atoms with Crippen molar-refractivity contribution in [2.45, 2.75) is 40.2 Å². The number of nitrogens with one attached hydrogen (secondary N) is 2. The van der Waals surface area contributed by atoms with Crippen LogP contribution in [0.1, 0.15) is 33.3 Å². The molecule has 4 N–H and O–H groups in total. The van der Waals surface area contributed by atoms with Crippen molar-refractivity contribution in [3.8, 4) is 11.4 Å². The van der Waals surface area contributed by atoms with Crippen LogP contribution in [0, 0.1) is 6.92 Å². The Morgan fingerprint density at radius 1 is 1.25 bits per heavy atom. The Labute approximate surface area is 162 Å². The van der Waals surface area contributed by atoms with Crippen molar-refractivity contribution in [3.05, 3.63) is 30.1 Å². The number of fused-ring (bicyclic) bond motifs is 2. The fourth-order valence-corrected chi connectivity index (χ4v) is 3.47. The van der Waals surface area contributed by atoms with Crippen LogP contribution in [0.5, 0.6) is 0 Å². The van der Waals surface area contributed by atoms with Gasteiger partial charge in [0.1, 0.15) is 17.8 Å². The lowest BCUT2D eigenvalue weighted by Gasteiger charge is -2.19. The maximum Gasteiger partial charge on any atom is 0.221 e. The van der Waals surface area contributed by atoms with Crippen LogP contribution in [-0.4, -0.2) is 30.6 Å². The number of rotatable bonds is 2. The first kappa shape index (κ1) is 18.0. The second-order valence-electron chi connectivity index (χ2n) is 7.96. The Hall–Kier alpha value is -3.42. The fourth-order valence-electron chi connectivity index (χ4n) is 3.47. The molecule has 0 aliphatic rings. The number of amides is 1. The van der Waals surface area contributed by atoms with Crippen molar-refractivity contribution in [3.63, 3.8) is 0 Å². The molecule has 3 heterocycles. The molecule has 0 aliphatic carbocycles. The molecular formula is C20H23N7O. The predicted octanol–water partition coefficient (Wildman–Crippen LogP) is 3.58. The van der Waals surface area contributed by atoms with Gasteiger partial charge in [0.2, 0.25) is 5.91 Å². The summed E-state index contributed by atoms with van der Waals surface area (Å²) in [6, 6.07) is 5.78. The van der Waals surface area contributed by atoms with Gasteiger partial charge in [0.15, 0.2) is 5.65 Å². The summed E-state index contributed by atoms with van der Waals surface area (Å²) in [6.07, 6.45) is 1.46. The van der Waals surface area contributed by atoms with Crippen molar-refractivity contribution in [1.29, 1.82) is 0 Å². The number of carbonyl (C=O) groups excluding carboxylic acids is 1. The van der Waals surface area contributed by atoms with Gasteiger partial charge in [-0.05, 0) is 45.4 Å². The van der Waals surface area contributed by atoms with Gasteiger partial charge in [-0.2, -0.15) is 5.10 Å². The molecular weight excluding hydrogens is 354 g/mol. The van der Waals surface area contributed by atoms with Crippen LogP contribution in [0.3, 0.4) is 0 Å². The highest BCUT2D eigenvalue weighted by molar-refractivity contribution is 6.02. The van der Waals surface area contributed by atoms with Crippen LogP contribution >= 0.6 is 0 Å². The lowest BCUT2D eigenvalue weighted by Crippen LogP contribution is -2.23. The highest BCUT2D eigenvalue weighted by atomic mass is 16.1. The molecule has 0 spiro atoms. The van der Waals surface area contributed by atoms with Gasteiger partial charge in [0.05, 0.1) is 16.6 Å². The summed E-state index contributed by atoms with van der Waals surface area (Å²) >= 11 is 0. The van der Waals surface area contributed by atoms with Gasteiger partial charge in [-0.25, -0.2) is 14.6 Å². The van der Waals surface area contributed by atoms with E-state index in [2.05, 4.69) is 41.0 Å². The van der Waals surface area contributed by atoms with Gasteiger partial charge >= 0.3 is 0 Å². The Bertz CT molecular complexity index is 1230. The Morgan fingerprint density at radius 3 is 2.68 bits per heavy atom. The SMILES string of the molecule is CC(=O)Nc1ccc2c(C)c(-c3nn(C(C)(C)C)c4ncnc(N)c34)[nH]c2c1. The zero-order chi connectivity index (χ0) is 20.2. The minimum atomic E-state index is -0.268. The zero-order valence-electron chi connectivity index (χ0n) is 16.6. The number of aryl methyl sites for hydroxylation is 1. The van der Waals surface area contributed by atoms with Crippen LogP contribution in [0.25, 0.3) is 33.3 Å². The molecule has 1 aromatic carbocycles. The third-order valence-electron chi connectivity index (χ3n) is 4.74. The van der Waals surface area contributed by atoms with Crippen LogP contribution in [0.4, 0.5) is 11.5 Å². The van der Waals surface area contributed by atoms with E-state index in [1.807, 2.05) is 29.8 Å². The third-order valence-corrected chi connectivity index (χ3v) is 4.74. The number of nitrogens with two attached hydrogens (primary N) is 1. The van der Waals surface area contributed by atoms with E-state index in [4.69, 9.17) is 10.8 Å². The lowest BCUT2D eigenvalue weighted by atomic mass is 10.1. The number of aromatic amines is 1. The normalized spacial score (nSPS) is 12.0. The first-order valence-electron chi connectivity index (χ1n) is 9.07. The molecule has 0 saturated heterocycles. The van der Waals surface area contributed by atoms with E-state index < -0.39 is 0 Å². The van der Waals surface area contributed by atoms with E-state index in [9.17, 15) is 4.79 Å². The smallest absolute Gasteiger partial charge is 0.221 e. The number of anilines is 2. The highest BCUT2D eigenvalue weighted by Gasteiger charge is 2.25. The number of carbonyl (C=O) groups is 1. The molecule has 8 nitrogen and oxygen atoms in total. The van der Waals surface area contributed by atoms with Crippen molar-refractivity contribution >= 4 is 39.3 Å². The summed E-state index contributed by atoms with van der Waals surface area (Å²) in [6.45, 7) is 9.73. The molecule has 0 saturated carbocycles. The van der Waals surface area contributed by atoms with Gasteiger partial charge in [-0.15, -0.1) is 0 Å². The monoisotopic (exact) mass is 377 g/mol. The summed E-state index contributed by atoms with van der Waals surface area (Å²) < 4.78 is 1.88. The molecule has 0 radical (unpaired) electrons. The van der Waals surface area contributed by atoms with Crippen molar-refractivity contribution in [2.75, 3.05) is 11.1 Å². The number of nitrogens with zero attached hydrogens (tertiary/aromatic N) is 4. The molecule has 4 aromatic rings. The number of H-pyrrole nitrogens is 1. The second kappa shape index (κ2) is 6.05. The molecule has 8 heteroatoms. The maximum absolute atomic E-state index is 11.4. The minimum Gasteiger partial charge on any atom is -0.383 e. The van der Waals surface area contributed by atoms with Gasteiger partial charge in [0, 0.05) is 23.5 Å². The number of nitrogen functional groups attached to an aromatic ring is 1. The van der Waals surface area contributed by atoms with E-state index >= 15 is 0 Å².